The number of sulfonamides is 1. The molecule has 1 amide bonds. The molecule has 2 saturated heterocycles. The fourth-order valence-corrected chi connectivity index (χ4v) is 7.11. The zero-order valence-corrected chi connectivity index (χ0v) is 22.9. The van der Waals surface area contributed by atoms with E-state index in [4.69, 9.17) is 14.7 Å². The minimum Gasteiger partial charge on any atom is -0.372 e. The maximum atomic E-state index is 13.2. The monoisotopic (exact) mass is 559 g/mol. The van der Waals surface area contributed by atoms with Gasteiger partial charge in [0.1, 0.15) is 10.8 Å². The van der Waals surface area contributed by atoms with Gasteiger partial charge in [-0.1, -0.05) is 23.9 Å². The molecule has 5 rings (SSSR count). The van der Waals surface area contributed by atoms with Crippen molar-refractivity contribution in [3.05, 3.63) is 54.3 Å². The number of nitrogens with zero attached hydrogens (tertiary/aromatic N) is 5. The molecule has 0 spiro atoms. The zero-order valence-electron chi connectivity index (χ0n) is 21.3. The van der Waals surface area contributed by atoms with Gasteiger partial charge in [0.2, 0.25) is 15.9 Å². The summed E-state index contributed by atoms with van der Waals surface area (Å²) in [5, 5.41) is 0.691. The lowest BCUT2D eigenvalue weighted by molar-refractivity contribution is -0.129. The van der Waals surface area contributed by atoms with Crippen molar-refractivity contribution in [3.63, 3.8) is 0 Å². The standard InChI is InChI=1S/C26H30FN5O4S2/c1-18-15-31(16-19(2)36-18)25-26(29-23-6-4-3-5-22(23)28-25)37-17-24(33)30-11-13-32(14-12-30)38(34,35)21-9-7-20(27)8-10-21/h3-10,18-19H,11-17H2,1-2H3. The Hall–Kier alpha value is -2.80. The Morgan fingerprint density at radius 1 is 0.974 bits per heavy atom. The van der Waals surface area contributed by atoms with Crippen LogP contribution in [0, 0.1) is 5.82 Å². The number of benzene rings is 2. The molecular formula is C26H30FN5O4S2. The van der Waals surface area contributed by atoms with Crippen molar-refractivity contribution in [1.29, 1.82) is 0 Å². The summed E-state index contributed by atoms with van der Waals surface area (Å²) in [6.45, 7) is 6.37. The number of amides is 1. The van der Waals surface area contributed by atoms with E-state index in [1.807, 2.05) is 38.1 Å². The van der Waals surface area contributed by atoms with Crippen LogP contribution < -0.4 is 4.90 Å². The summed E-state index contributed by atoms with van der Waals surface area (Å²) in [6.07, 6.45) is 0.1000. The van der Waals surface area contributed by atoms with E-state index in [2.05, 4.69) is 4.90 Å². The number of rotatable bonds is 6. The van der Waals surface area contributed by atoms with Crippen molar-refractivity contribution in [3.8, 4) is 0 Å². The average molecular weight is 560 g/mol. The molecule has 3 aromatic rings. The number of aromatic nitrogens is 2. The quantitative estimate of drug-likeness (QED) is 0.426. The van der Waals surface area contributed by atoms with Gasteiger partial charge in [-0.05, 0) is 50.2 Å². The fourth-order valence-electron chi connectivity index (χ4n) is 4.78. The van der Waals surface area contributed by atoms with Crippen LogP contribution in [-0.2, 0) is 19.6 Å². The minimum atomic E-state index is -3.74. The van der Waals surface area contributed by atoms with Gasteiger partial charge < -0.3 is 14.5 Å². The molecule has 2 fully saturated rings. The summed E-state index contributed by atoms with van der Waals surface area (Å²) in [4.78, 5) is 26.7. The van der Waals surface area contributed by atoms with E-state index in [0.717, 1.165) is 29.0 Å². The van der Waals surface area contributed by atoms with Crippen LogP contribution in [0.4, 0.5) is 10.2 Å². The molecular weight excluding hydrogens is 529 g/mol. The Labute approximate surface area is 226 Å². The molecule has 1 aromatic heterocycles. The number of piperazine rings is 1. The van der Waals surface area contributed by atoms with Crippen LogP contribution in [0.1, 0.15) is 13.8 Å². The van der Waals surface area contributed by atoms with Crippen LogP contribution in [0.2, 0.25) is 0 Å². The van der Waals surface area contributed by atoms with Crippen LogP contribution in [0.3, 0.4) is 0 Å². The molecule has 2 aromatic carbocycles. The highest BCUT2D eigenvalue weighted by Crippen LogP contribution is 2.31. The van der Waals surface area contributed by atoms with Crippen molar-refractivity contribution in [1.82, 2.24) is 19.2 Å². The number of anilines is 1. The first-order valence-electron chi connectivity index (χ1n) is 12.5. The van der Waals surface area contributed by atoms with Crippen LogP contribution in [-0.4, -0.2) is 90.7 Å². The number of halogens is 1. The van der Waals surface area contributed by atoms with Gasteiger partial charge in [-0.3, -0.25) is 4.79 Å². The van der Waals surface area contributed by atoms with Crippen LogP contribution >= 0.6 is 11.8 Å². The maximum Gasteiger partial charge on any atom is 0.243 e. The van der Waals surface area contributed by atoms with E-state index in [1.165, 1.54) is 28.2 Å². The second-order valence-corrected chi connectivity index (χ2v) is 12.4. The first-order valence-corrected chi connectivity index (χ1v) is 15.0. The summed E-state index contributed by atoms with van der Waals surface area (Å²) >= 11 is 1.35. The molecule has 2 aliphatic rings. The number of para-hydroxylation sites is 2. The maximum absolute atomic E-state index is 13.2. The zero-order chi connectivity index (χ0) is 26.9. The number of hydrogen-bond donors (Lipinski definition) is 0. The summed E-state index contributed by atoms with van der Waals surface area (Å²) in [6, 6.07) is 12.5. The Morgan fingerprint density at radius 2 is 1.58 bits per heavy atom. The summed E-state index contributed by atoms with van der Waals surface area (Å²) in [7, 11) is -3.74. The van der Waals surface area contributed by atoms with Gasteiger partial charge in [-0.15, -0.1) is 0 Å². The highest BCUT2D eigenvalue weighted by Gasteiger charge is 2.31. The van der Waals surface area contributed by atoms with Gasteiger partial charge in [0, 0.05) is 39.3 Å². The predicted octanol–water partition coefficient (Wildman–Crippen LogP) is 3.01. The van der Waals surface area contributed by atoms with Gasteiger partial charge in [0.05, 0.1) is 33.9 Å². The smallest absolute Gasteiger partial charge is 0.243 e. The van der Waals surface area contributed by atoms with Crippen LogP contribution in [0.25, 0.3) is 11.0 Å². The molecule has 0 bridgehead atoms. The second kappa shape index (κ2) is 11.1. The minimum absolute atomic E-state index is 0.0448. The topological polar surface area (TPSA) is 95.9 Å². The van der Waals surface area contributed by atoms with Crippen molar-refractivity contribution in [2.45, 2.75) is 36.0 Å². The lowest BCUT2D eigenvalue weighted by Crippen LogP contribution is -2.51. The van der Waals surface area contributed by atoms with E-state index in [-0.39, 0.29) is 54.9 Å². The lowest BCUT2D eigenvalue weighted by Gasteiger charge is -2.36. The number of carbonyl (C=O) groups is 1. The summed E-state index contributed by atoms with van der Waals surface area (Å²) < 4.78 is 46.2. The summed E-state index contributed by atoms with van der Waals surface area (Å²) in [5.41, 5.74) is 1.56. The molecule has 0 N–H and O–H groups in total. The molecule has 0 radical (unpaired) electrons. The molecule has 0 aliphatic carbocycles. The summed E-state index contributed by atoms with van der Waals surface area (Å²) in [5.74, 6) is 0.339. The normalized spacial score (nSPS) is 21.1. The van der Waals surface area contributed by atoms with E-state index in [1.54, 1.807) is 4.90 Å². The SMILES string of the molecule is CC1CN(c2nc3ccccc3nc2SCC(=O)N2CCN(S(=O)(=O)c3ccc(F)cc3)CC2)CC(C)O1. The van der Waals surface area contributed by atoms with Gasteiger partial charge in [-0.2, -0.15) is 4.31 Å². The molecule has 202 valence electrons. The number of carbonyl (C=O) groups excluding carboxylic acids is 1. The van der Waals surface area contributed by atoms with Crippen LogP contribution in [0.5, 0.6) is 0 Å². The number of ether oxygens (including phenoxy) is 1. The van der Waals surface area contributed by atoms with E-state index >= 15 is 0 Å². The first kappa shape index (κ1) is 26.8. The lowest BCUT2D eigenvalue weighted by atomic mass is 10.2. The van der Waals surface area contributed by atoms with E-state index in [0.29, 0.717) is 18.1 Å². The van der Waals surface area contributed by atoms with Crippen molar-refractivity contribution >= 4 is 44.5 Å². The van der Waals surface area contributed by atoms with Gasteiger partial charge >= 0.3 is 0 Å². The third kappa shape index (κ3) is 5.78. The number of thioether (sulfide) groups is 1. The second-order valence-electron chi connectivity index (χ2n) is 9.53. The molecule has 12 heteroatoms. The largest absolute Gasteiger partial charge is 0.372 e. The fraction of sp³-hybridized carbons (Fsp3) is 0.423. The number of morpholine rings is 1. The van der Waals surface area contributed by atoms with Crippen molar-refractivity contribution in [2.24, 2.45) is 0 Å². The molecule has 9 nitrogen and oxygen atoms in total. The molecule has 3 heterocycles. The number of fused-ring (bicyclic) bond motifs is 1. The molecule has 2 atom stereocenters. The Kier molecular flexibility index (Phi) is 7.85. The van der Waals surface area contributed by atoms with Crippen molar-refractivity contribution in [2.75, 3.05) is 49.9 Å². The Bertz CT molecular complexity index is 1400. The third-order valence-electron chi connectivity index (χ3n) is 6.62. The van der Waals surface area contributed by atoms with E-state index < -0.39 is 15.8 Å². The van der Waals surface area contributed by atoms with Gasteiger partial charge in [0.25, 0.3) is 0 Å². The Balaban J connectivity index is 1.26. The first-order chi connectivity index (χ1) is 18.2. The molecule has 2 aliphatic heterocycles. The van der Waals surface area contributed by atoms with Crippen molar-refractivity contribution < 1.29 is 22.3 Å². The molecule has 38 heavy (non-hydrogen) atoms. The average Bonchev–Trinajstić information content (AvgIpc) is 2.91. The Morgan fingerprint density at radius 3 is 2.21 bits per heavy atom. The van der Waals surface area contributed by atoms with Gasteiger partial charge in [0.15, 0.2) is 5.82 Å². The van der Waals surface area contributed by atoms with Gasteiger partial charge in [-0.25, -0.2) is 22.8 Å². The molecule has 2 unspecified atom stereocenters. The highest BCUT2D eigenvalue weighted by molar-refractivity contribution is 8.00. The predicted molar refractivity (Wildman–Crippen MR) is 144 cm³/mol. The molecule has 0 saturated carbocycles. The third-order valence-corrected chi connectivity index (χ3v) is 9.47. The number of hydrogen-bond acceptors (Lipinski definition) is 8. The van der Waals surface area contributed by atoms with E-state index in [9.17, 15) is 17.6 Å². The van der Waals surface area contributed by atoms with Crippen LogP contribution in [0.15, 0.2) is 58.5 Å². The highest BCUT2D eigenvalue weighted by atomic mass is 32.2.